The summed E-state index contributed by atoms with van der Waals surface area (Å²) in [4.78, 5) is 10.9. The molecule has 1 nitrogen and oxygen atoms in total. The fourth-order valence-corrected chi connectivity index (χ4v) is 1.89. The molecule has 0 spiro atoms. The van der Waals surface area contributed by atoms with Gasteiger partial charge in [-0.25, -0.2) is 0 Å². The second kappa shape index (κ2) is 2.56. The smallest absolute Gasteiger partial charge is 0.130 e. The molecule has 0 saturated carbocycles. The van der Waals surface area contributed by atoms with Gasteiger partial charge in [-0.3, -0.25) is 0 Å². The van der Waals surface area contributed by atoms with Crippen LogP contribution in [0, 0.1) is 5.41 Å². The summed E-state index contributed by atoms with van der Waals surface area (Å²) in [7, 11) is 0. The number of rotatable bonds is 1. The highest BCUT2D eigenvalue weighted by Gasteiger charge is 2.35. The molecule has 1 aliphatic carbocycles. The summed E-state index contributed by atoms with van der Waals surface area (Å²) in [5, 5.41) is 0. The second-order valence-electron chi connectivity index (χ2n) is 3.85. The van der Waals surface area contributed by atoms with Crippen molar-refractivity contribution in [3.05, 3.63) is 42.0 Å². The molecular weight excluding hydrogens is 160 g/mol. The summed E-state index contributed by atoms with van der Waals surface area (Å²) >= 11 is 0. The van der Waals surface area contributed by atoms with Gasteiger partial charge in [0.1, 0.15) is 6.29 Å². The van der Waals surface area contributed by atoms with Crippen molar-refractivity contribution in [1.29, 1.82) is 0 Å². The molecule has 0 aliphatic heterocycles. The van der Waals surface area contributed by atoms with Crippen molar-refractivity contribution in [3.8, 4) is 0 Å². The van der Waals surface area contributed by atoms with Crippen LogP contribution in [0.3, 0.4) is 0 Å². The average molecular weight is 172 g/mol. The molecule has 66 valence electrons. The van der Waals surface area contributed by atoms with Crippen LogP contribution in [-0.4, -0.2) is 6.29 Å². The van der Waals surface area contributed by atoms with Crippen LogP contribution in [0.1, 0.15) is 18.1 Å². The minimum Gasteiger partial charge on any atom is -0.302 e. The normalized spacial score (nSPS) is 25.8. The van der Waals surface area contributed by atoms with Crippen LogP contribution >= 0.6 is 0 Å². The maximum absolute atomic E-state index is 10.9. The number of fused-ring (bicyclic) bond motifs is 1. The minimum absolute atomic E-state index is 0.371. The lowest BCUT2D eigenvalue weighted by Crippen LogP contribution is -2.16. The van der Waals surface area contributed by atoms with Gasteiger partial charge in [-0.15, -0.1) is 0 Å². The highest BCUT2D eigenvalue weighted by Crippen LogP contribution is 2.43. The van der Waals surface area contributed by atoms with Crippen molar-refractivity contribution in [3.63, 3.8) is 0 Å². The summed E-state index contributed by atoms with van der Waals surface area (Å²) in [5.74, 6) is 0. The molecule has 0 bridgehead atoms. The number of hydrogen-bond donors (Lipinski definition) is 0. The van der Waals surface area contributed by atoms with Gasteiger partial charge >= 0.3 is 0 Å². The number of carbonyl (C=O) groups is 1. The summed E-state index contributed by atoms with van der Waals surface area (Å²) in [5.41, 5.74) is 2.97. The Morgan fingerprint density at radius 2 is 2.15 bits per heavy atom. The van der Waals surface area contributed by atoms with Gasteiger partial charge in [0.25, 0.3) is 0 Å². The highest BCUT2D eigenvalue weighted by atomic mass is 16.1. The first-order chi connectivity index (χ1) is 6.17. The van der Waals surface area contributed by atoms with Gasteiger partial charge in [-0.2, -0.15) is 0 Å². The maximum Gasteiger partial charge on any atom is 0.130 e. The Kier molecular flexibility index (Phi) is 1.62. The number of aldehydes is 1. The fourth-order valence-electron chi connectivity index (χ4n) is 1.89. The largest absolute Gasteiger partial charge is 0.302 e. The van der Waals surface area contributed by atoms with Gasteiger partial charge in [0, 0.05) is 0 Å². The zero-order chi connectivity index (χ0) is 9.47. The van der Waals surface area contributed by atoms with Crippen LogP contribution in [0.2, 0.25) is 0 Å². The van der Waals surface area contributed by atoms with E-state index in [2.05, 4.69) is 12.6 Å². The van der Waals surface area contributed by atoms with Crippen LogP contribution in [-0.2, 0) is 11.2 Å². The molecular formula is C12H12O. The molecule has 0 heterocycles. The van der Waals surface area contributed by atoms with E-state index in [0.717, 1.165) is 23.8 Å². The minimum atomic E-state index is -0.371. The van der Waals surface area contributed by atoms with Gasteiger partial charge in [-0.05, 0) is 30.0 Å². The van der Waals surface area contributed by atoms with E-state index < -0.39 is 0 Å². The van der Waals surface area contributed by atoms with E-state index in [1.165, 1.54) is 5.56 Å². The van der Waals surface area contributed by atoms with E-state index in [-0.39, 0.29) is 5.41 Å². The van der Waals surface area contributed by atoms with Crippen LogP contribution in [0.25, 0.3) is 5.57 Å². The molecule has 13 heavy (non-hydrogen) atoms. The van der Waals surface area contributed by atoms with Crippen LogP contribution in [0.5, 0.6) is 0 Å². The molecule has 1 aromatic rings. The molecule has 0 radical (unpaired) electrons. The van der Waals surface area contributed by atoms with Crippen LogP contribution < -0.4 is 0 Å². The summed E-state index contributed by atoms with van der Waals surface area (Å²) in [6.07, 6.45) is 1.81. The van der Waals surface area contributed by atoms with Crippen molar-refractivity contribution < 1.29 is 4.79 Å². The SMILES string of the molecule is C=C1c2ccccc2C[C@]1(C)C=O. The molecule has 0 fully saturated rings. The second-order valence-corrected chi connectivity index (χ2v) is 3.85. The lowest BCUT2D eigenvalue weighted by molar-refractivity contribution is -0.112. The van der Waals surface area contributed by atoms with E-state index >= 15 is 0 Å². The number of carbonyl (C=O) groups excluding carboxylic acids is 1. The van der Waals surface area contributed by atoms with Crippen molar-refractivity contribution >= 4 is 11.9 Å². The number of allylic oxidation sites excluding steroid dienone is 1. The van der Waals surface area contributed by atoms with Crippen molar-refractivity contribution in [2.24, 2.45) is 5.41 Å². The first-order valence-corrected chi connectivity index (χ1v) is 4.41. The van der Waals surface area contributed by atoms with Gasteiger partial charge in [0.05, 0.1) is 5.41 Å². The Bertz CT molecular complexity index is 378. The fraction of sp³-hybridized carbons (Fsp3) is 0.250. The lowest BCUT2D eigenvalue weighted by Gasteiger charge is -2.16. The van der Waals surface area contributed by atoms with E-state index in [1.54, 1.807) is 0 Å². The molecule has 0 N–H and O–H groups in total. The van der Waals surface area contributed by atoms with Crippen molar-refractivity contribution in [1.82, 2.24) is 0 Å². The zero-order valence-corrected chi connectivity index (χ0v) is 7.71. The van der Waals surface area contributed by atoms with Crippen LogP contribution in [0.4, 0.5) is 0 Å². The molecule has 0 amide bonds. The van der Waals surface area contributed by atoms with Gasteiger partial charge < -0.3 is 4.79 Å². The molecule has 0 unspecified atom stereocenters. The molecule has 2 rings (SSSR count). The Balaban J connectivity index is 2.55. The van der Waals surface area contributed by atoms with Gasteiger partial charge in [-0.1, -0.05) is 30.8 Å². The number of hydrogen-bond acceptors (Lipinski definition) is 1. The first kappa shape index (κ1) is 8.24. The summed E-state index contributed by atoms with van der Waals surface area (Å²) in [6, 6.07) is 8.09. The lowest BCUT2D eigenvalue weighted by atomic mass is 9.85. The van der Waals surface area contributed by atoms with E-state index in [9.17, 15) is 4.79 Å². The van der Waals surface area contributed by atoms with E-state index in [4.69, 9.17) is 0 Å². The molecule has 0 aromatic heterocycles. The highest BCUT2D eigenvalue weighted by molar-refractivity contribution is 5.88. The molecule has 1 aromatic carbocycles. The topological polar surface area (TPSA) is 17.1 Å². The predicted molar refractivity (Wildman–Crippen MR) is 53.4 cm³/mol. The van der Waals surface area contributed by atoms with Gasteiger partial charge in [0.15, 0.2) is 0 Å². The first-order valence-electron chi connectivity index (χ1n) is 4.41. The Hall–Kier alpha value is -1.37. The zero-order valence-electron chi connectivity index (χ0n) is 7.71. The Morgan fingerprint density at radius 3 is 2.77 bits per heavy atom. The Morgan fingerprint density at radius 1 is 1.46 bits per heavy atom. The quantitative estimate of drug-likeness (QED) is 0.595. The maximum atomic E-state index is 10.9. The predicted octanol–water partition coefficient (Wildman–Crippen LogP) is 2.46. The van der Waals surface area contributed by atoms with E-state index in [0.29, 0.717) is 0 Å². The van der Waals surface area contributed by atoms with E-state index in [1.807, 2.05) is 25.1 Å². The molecule has 0 saturated heterocycles. The average Bonchev–Trinajstić information content (AvgIpc) is 2.41. The third-order valence-electron chi connectivity index (χ3n) is 2.85. The third kappa shape index (κ3) is 1.04. The van der Waals surface area contributed by atoms with Crippen LogP contribution in [0.15, 0.2) is 30.8 Å². The third-order valence-corrected chi connectivity index (χ3v) is 2.85. The molecule has 1 aliphatic rings. The number of benzene rings is 1. The molecule has 1 atom stereocenters. The standard InChI is InChI=1S/C12H12O/c1-9-11-6-4-3-5-10(11)7-12(9,2)8-13/h3-6,8H,1,7H2,2H3/t12-/m1/s1. The summed E-state index contributed by atoms with van der Waals surface area (Å²) in [6.45, 7) is 5.94. The molecule has 1 heteroatoms. The van der Waals surface area contributed by atoms with Crippen molar-refractivity contribution in [2.75, 3.05) is 0 Å². The monoisotopic (exact) mass is 172 g/mol. The summed E-state index contributed by atoms with van der Waals surface area (Å²) < 4.78 is 0. The Labute approximate surface area is 78.1 Å². The van der Waals surface area contributed by atoms with Crippen molar-refractivity contribution in [2.45, 2.75) is 13.3 Å². The van der Waals surface area contributed by atoms with Gasteiger partial charge in [0.2, 0.25) is 0 Å².